The predicted molar refractivity (Wildman–Crippen MR) is 37.7 cm³/mol. The normalized spacial score (nSPS) is 20.6. The second-order valence-corrected chi connectivity index (χ2v) is 2.34. The van der Waals surface area contributed by atoms with Gasteiger partial charge in [0.25, 0.3) is 0 Å². The summed E-state index contributed by atoms with van der Waals surface area (Å²) in [6.07, 6.45) is 2.58. The quantitative estimate of drug-likeness (QED) is 0.410. The van der Waals surface area contributed by atoms with Crippen LogP contribution in [0.15, 0.2) is 0 Å². The summed E-state index contributed by atoms with van der Waals surface area (Å²) in [4.78, 5) is 0. The second-order valence-electron chi connectivity index (χ2n) is 2.34. The van der Waals surface area contributed by atoms with Crippen LogP contribution in [-0.2, 0) is 0 Å². The molecule has 1 aliphatic rings. The summed E-state index contributed by atoms with van der Waals surface area (Å²) in [7, 11) is 2.30. The van der Waals surface area contributed by atoms with Crippen molar-refractivity contribution in [1.29, 1.82) is 0 Å². The van der Waals surface area contributed by atoms with E-state index in [2.05, 4.69) is 19.4 Å². The minimum Gasteiger partial charge on any atom is -0.662 e. The van der Waals surface area contributed by atoms with Crippen molar-refractivity contribution < 1.29 is 51.4 Å². The van der Waals surface area contributed by atoms with Crippen molar-refractivity contribution >= 4 is 7.28 Å². The first kappa shape index (κ1) is 10.7. The first-order valence-electron chi connectivity index (χ1n) is 3.36. The molecule has 1 rings (SSSR count). The SMILES string of the molecule is C[B]C1CC[N-]CC1.[K+]. The van der Waals surface area contributed by atoms with Gasteiger partial charge in [-0.25, -0.2) is 0 Å². The van der Waals surface area contributed by atoms with Crippen LogP contribution < -0.4 is 51.4 Å². The zero-order valence-corrected chi connectivity index (χ0v) is 9.55. The Balaban J connectivity index is 0.000000640. The number of nitrogens with zero attached hydrogens (tertiary/aromatic N) is 1. The van der Waals surface area contributed by atoms with Gasteiger partial charge in [0.05, 0.1) is 0 Å². The molecule has 0 amide bonds. The van der Waals surface area contributed by atoms with Gasteiger partial charge in [-0.1, -0.05) is 25.5 Å². The minimum absolute atomic E-state index is 0. The standard InChI is InChI=1S/C6H12BN.K/c1-7-6-2-4-8-5-3-6;/h6H,2-5H2,1H3;/q-1;+1. The average molecular weight is 148 g/mol. The van der Waals surface area contributed by atoms with Crippen LogP contribution in [0.25, 0.3) is 5.32 Å². The van der Waals surface area contributed by atoms with E-state index < -0.39 is 0 Å². The van der Waals surface area contributed by atoms with E-state index in [0.717, 1.165) is 18.9 Å². The van der Waals surface area contributed by atoms with Crippen LogP contribution >= 0.6 is 0 Å². The third kappa shape index (κ3) is 4.17. The monoisotopic (exact) mass is 148 g/mol. The number of piperidine rings is 1. The molecule has 0 bridgehead atoms. The van der Waals surface area contributed by atoms with Crippen LogP contribution in [0.2, 0.25) is 12.6 Å². The van der Waals surface area contributed by atoms with Gasteiger partial charge in [-0.15, -0.1) is 13.1 Å². The molecule has 1 radical (unpaired) electrons. The smallest absolute Gasteiger partial charge is 0.662 e. The largest absolute Gasteiger partial charge is 1.00 e. The summed E-state index contributed by atoms with van der Waals surface area (Å²) < 4.78 is 0. The van der Waals surface area contributed by atoms with Crippen molar-refractivity contribution in [2.75, 3.05) is 13.1 Å². The Morgan fingerprint density at radius 3 is 2.22 bits per heavy atom. The molecule has 0 aromatic rings. The van der Waals surface area contributed by atoms with E-state index >= 15 is 0 Å². The van der Waals surface area contributed by atoms with Gasteiger partial charge >= 0.3 is 51.4 Å². The third-order valence-electron chi connectivity index (χ3n) is 1.79. The molecule has 0 spiro atoms. The first-order chi connectivity index (χ1) is 3.93. The Kier molecular flexibility index (Phi) is 7.55. The van der Waals surface area contributed by atoms with Crippen LogP contribution in [0.4, 0.5) is 0 Å². The second kappa shape index (κ2) is 6.38. The summed E-state index contributed by atoms with van der Waals surface area (Å²) in [5.74, 6) is 0.868. The molecule has 9 heavy (non-hydrogen) atoms. The first-order valence-corrected chi connectivity index (χ1v) is 3.36. The molecular formula is C6H12BKN. The molecular weight excluding hydrogens is 136 g/mol. The van der Waals surface area contributed by atoms with Gasteiger partial charge in [0, 0.05) is 0 Å². The van der Waals surface area contributed by atoms with E-state index in [0.29, 0.717) is 0 Å². The number of hydrogen-bond acceptors (Lipinski definition) is 0. The van der Waals surface area contributed by atoms with E-state index in [1.807, 2.05) is 0 Å². The van der Waals surface area contributed by atoms with Crippen molar-refractivity contribution in [2.24, 2.45) is 0 Å². The van der Waals surface area contributed by atoms with Gasteiger partial charge in [-0.05, 0) is 0 Å². The molecule has 0 N–H and O–H groups in total. The van der Waals surface area contributed by atoms with E-state index in [1.54, 1.807) is 0 Å². The minimum atomic E-state index is 0. The molecule has 1 fully saturated rings. The van der Waals surface area contributed by atoms with Crippen molar-refractivity contribution in [3.05, 3.63) is 5.32 Å². The Bertz CT molecular complexity index is 64.1. The number of hydrogen-bond donors (Lipinski definition) is 0. The maximum atomic E-state index is 4.26. The van der Waals surface area contributed by atoms with Crippen LogP contribution in [0.5, 0.6) is 0 Å². The fourth-order valence-corrected chi connectivity index (χ4v) is 1.10. The van der Waals surface area contributed by atoms with Crippen LogP contribution in [-0.4, -0.2) is 20.4 Å². The Labute approximate surface area is 101 Å². The fraction of sp³-hybridized carbons (Fsp3) is 1.00. The summed E-state index contributed by atoms with van der Waals surface area (Å²) in [6, 6.07) is 0. The summed E-state index contributed by atoms with van der Waals surface area (Å²) in [5.41, 5.74) is 0. The van der Waals surface area contributed by atoms with Crippen molar-refractivity contribution in [1.82, 2.24) is 0 Å². The van der Waals surface area contributed by atoms with Crippen molar-refractivity contribution in [3.63, 3.8) is 0 Å². The third-order valence-corrected chi connectivity index (χ3v) is 1.79. The fourth-order valence-electron chi connectivity index (χ4n) is 1.10. The van der Waals surface area contributed by atoms with Gasteiger partial charge < -0.3 is 5.32 Å². The van der Waals surface area contributed by atoms with E-state index in [1.165, 1.54) is 12.8 Å². The molecule has 0 aliphatic carbocycles. The maximum absolute atomic E-state index is 4.26. The molecule has 0 atom stereocenters. The summed E-state index contributed by atoms with van der Waals surface area (Å²) >= 11 is 0. The Hall–Kier alpha value is 1.66. The Morgan fingerprint density at radius 1 is 1.33 bits per heavy atom. The van der Waals surface area contributed by atoms with Gasteiger partial charge in [-0.3, -0.25) is 0 Å². The van der Waals surface area contributed by atoms with E-state index in [4.69, 9.17) is 0 Å². The molecule has 0 aromatic carbocycles. The van der Waals surface area contributed by atoms with Gasteiger partial charge in [0.15, 0.2) is 0 Å². The predicted octanol–water partition coefficient (Wildman–Crippen LogP) is -1.30. The molecule has 0 aromatic heterocycles. The van der Waals surface area contributed by atoms with E-state index in [9.17, 15) is 0 Å². The van der Waals surface area contributed by atoms with Crippen molar-refractivity contribution in [3.8, 4) is 0 Å². The van der Waals surface area contributed by atoms with E-state index in [-0.39, 0.29) is 51.4 Å². The Morgan fingerprint density at radius 2 is 1.89 bits per heavy atom. The molecule has 1 saturated heterocycles. The molecule has 1 nitrogen and oxygen atoms in total. The zero-order valence-electron chi connectivity index (χ0n) is 6.43. The molecule has 1 heterocycles. The molecule has 45 valence electrons. The summed E-state index contributed by atoms with van der Waals surface area (Å²) in [5, 5.41) is 4.26. The zero-order chi connectivity index (χ0) is 5.82. The summed E-state index contributed by atoms with van der Waals surface area (Å²) in [6.45, 7) is 4.33. The maximum Gasteiger partial charge on any atom is 1.00 e. The molecule has 0 unspecified atom stereocenters. The average Bonchev–Trinajstić information content (AvgIpc) is 1.90. The molecule has 3 heteroatoms. The van der Waals surface area contributed by atoms with Crippen LogP contribution in [0.1, 0.15) is 12.8 Å². The number of rotatable bonds is 1. The van der Waals surface area contributed by atoms with Gasteiger partial charge in [-0.2, -0.15) is 0 Å². The van der Waals surface area contributed by atoms with Crippen LogP contribution in [0.3, 0.4) is 0 Å². The molecule has 1 aliphatic heterocycles. The van der Waals surface area contributed by atoms with Crippen molar-refractivity contribution in [2.45, 2.75) is 25.5 Å². The van der Waals surface area contributed by atoms with Gasteiger partial charge in [0.2, 0.25) is 0 Å². The van der Waals surface area contributed by atoms with Gasteiger partial charge in [0.1, 0.15) is 7.28 Å². The molecule has 0 saturated carbocycles. The van der Waals surface area contributed by atoms with Crippen LogP contribution in [0, 0.1) is 0 Å². The topological polar surface area (TPSA) is 14.1 Å².